The van der Waals surface area contributed by atoms with Crippen LogP contribution in [0.3, 0.4) is 0 Å². The van der Waals surface area contributed by atoms with E-state index in [-0.39, 0.29) is 6.04 Å². The fraction of sp³-hybridized carbons (Fsp3) is 0.385. The van der Waals surface area contributed by atoms with Crippen LogP contribution in [0, 0.1) is 6.92 Å². The third kappa shape index (κ3) is 3.10. The normalized spacial score (nSPS) is 12.4. The molecular weight excluding hydrogens is 242 g/mol. The summed E-state index contributed by atoms with van der Waals surface area (Å²) in [6.45, 7) is 2.03. The van der Waals surface area contributed by atoms with Gasteiger partial charge in [-0.2, -0.15) is 0 Å². The number of methoxy groups -OCH3 is 1. The number of nitrogens with two attached hydrogens (primary N) is 1. The second kappa shape index (κ2) is 5.81. The van der Waals surface area contributed by atoms with Gasteiger partial charge < -0.3 is 4.74 Å². The second-order valence-electron chi connectivity index (χ2n) is 4.55. The smallest absolute Gasteiger partial charge is 0.123 e. The molecule has 0 aliphatic carbocycles. The van der Waals surface area contributed by atoms with Gasteiger partial charge in [-0.15, -0.1) is 5.10 Å². The van der Waals surface area contributed by atoms with E-state index < -0.39 is 0 Å². The van der Waals surface area contributed by atoms with Gasteiger partial charge in [-0.05, 0) is 18.6 Å². The summed E-state index contributed by atoms with van der Waals surface area (Å²) >= 11 is 0. The molecule has 1 aromatic carbocycles. The van der Waals surface area contributed by atoms with Gasteiger partial charge in [0.05, 0.1) is 18.8 Å². The van der Waals surface area contributed by atoms with Crippen LogP contribution in [0.4, 0.5) is 0 Å². The quantitative estimate of drug-likeness (QED) is 0.617. The van der Waals surface area contributed by atoms with E-state index in [1.165, 1.54) is 0 Å². The van der Waals surface area contributed by atoms with Crippen LogP contribution in [0.2, 0.25) is 0 Å². The van der Waals surface area contributed by atoms with Crippen molar-refractivity contribution in [3.63, 3.8) is 0 Å². The van der Waals surface area contributed by atoms with E-state index >= 15 is 0 Å². The van der Waals surface area contributed by atoms with Crippen molar-refractivity contribution in [3.8, 4) is 5.75 Å². The maximum atomic E-state index is 5.66. The molecule has 0 radical (unpaired) electrons. The number of ether oxygens (including phenoxy) is 1. The Morgan fingerprint density at radius 2 is 2.26 bits per heavy atom. The summed E-state index contributed by atoms with van der Waals surface area (Å²) in [6, 6.07) is 6.00. The first-order valence-electron chi connectivity index (χ1n) is 6.10. The Morgan fingerprint density at radius 1 is 1.47 bits per heavy atom. The topological polar surface area (TPSA) is 78.0 Å². The molecule has 6 heteroatoms. The lowest BCUT2D eigenvalue weighted by Crippen LogP contribution is -2.30. The summed E-state index contributed by atoms with van der Waals surface area (Å²) < 4.78 is 7.09. The summed E-state index contributed by atoms with van der Waals surface area (Å²) in [5, 5.41) is 8.00. The van der Waals surface area contributed by atoms with Crippen molar-refractivity contribution in [1.82, 2.24) is 20.4 Å². The van der Waals surface area contributed by atoms with E-state index in [0.29, 0.717) is 6.42 Å². The maximum Gasteiger partial charge on any atom is 0.123 e. The van der Waals surface area contributed by atoms with Gasteiger partial charge in [-0.25, -0.2) is 0 Å². The molecule has 6 nitrogen and oxygen atoms in total. The number of hydrogen-bond acceptors (Lipinski definition) is 5. The number of aromatic nitrogens is 3. The second-order valence-corrected chi connectivity index (χ2v) is 4.55. The largest absolute Gasteiger partial charge is 0.496 e. The van der Waals surface area contributed by atoms with Gasteiger partial charge >= 0.3 is 0 Å². The number of aryl methyl sites for hydroxylation is 2. The monoisotopic (exact) mass is 261 g/mol. The summed E-state index contributed by atoms with van der Waals surface area (Å²) in [5.74, 6) is 6.49. The Balaban J connectivity index is 2.26. The van der Waals surface area contributed by atoms with Crippen LogP contribution in [-0.4, -0.2) is 22.1 Å². The Kier molecular flexibility index (Phi) is 4.13. The van der Waals surface area contributed by atoms with Crippen LogP contribution in [-0.2, 0) is 13.5 Å². The van der Waals surface area contributed by atoms with E-state index in [2.05, 4.69) is 15.7 Å². The molecule has 1 heterocycles. The Bertz CT molecular complexity index is 552. The number of hydrazine groups is 1. The molecule has 2 aromatic rings. The highest BCUT2D eigenvalue weighted by atomic mass is 16.5. The van der Waals surface area contributed by atoms with Crippen LogP contribution in [0.1, 0.15) is 22.9 Å². The predicted molar refractivity (Wildman–Crippen MR) is 72.5 cm³/mol. The average molecular weight is 261 g/mol. The summed E-state index contributed by atoms with van der Waals surface area (Å²) in [7, 11) is 3.50. The number of benzene rings is 1. The Labute approximate surface area is 112 Å². The van der Waals surface area contributed by atoms with Crippen molar-refractivity contribution in [1.29, 1.82) is 0 Å². The van der Waals surface area contributed by atoms with Crippen molar-refractivity contribution >= 4 is 0 Å². The molecule has 1 atom stereocenters. The van der Waals surface area contributed by atoms with E-state index in [1.54, 1.807) is 11.8 Å². The van der Waals surface area contributed by atoms with Crippen molar-refractivity contribution in [2.45, 2.75) is 19.4 Å². The molecule has 3 N–H and O–H groups in total. The first-order valence-corrected chi connectivity index (χ1v) is 6.10. The van der Waals surface area contributed by atoms with Crippen LogP contribution < -0.4 is 16.0 Å². The lowest BCUT2D eigenvalue weighted by Gasteiger charge is -2.18. The van der Waals surface area contributed by atoms with Crippen molar-refractivity contribution < 1.29 is 4.74 Å². The van der Waals surface area contributed by atoms with Gasteiger partial charge in [-0.1, -0.05) is 17.3 Å². The molecule has 102 valence electrons. The molecule has 0 spiro atoms. The average Bonchev–Trinajstić information content (AvgIpc) is 2.81. The van der Waals surface area contributed by atoms with Gasteiger partial charge in [0.25, 0.3) is 0 Å². The molecule has 2 rings (SSSR count). The molecule has 1 aromatic heterocycles. The molecule has 0 saturated carbocycles. The molecule has 0 aliphatic heterocycles. The highest BCUT2D eigenvalue weighted by Crippen LogP contribution is 2.27. The molecule has 0 bridgehead atoms. The maximum absolute atomic E-state index is 5.66. The summed E-state index contributed by atoms with van der Waals surface area (Å²) in [6.07, 6.45) is 2.54. The van der Waals surface area contributed by atoms with E-state index in [1.807, 2.05) is 38.4 Å². The van der Waals surface area contributed by atoms with Gasteiger partial charge in [0.15, 0.2) is 0 Å². The predicted octanol–water partition coefficient (Wildman–Crippen LogP) is 0.879. The van der Waals surface area contributed by atoms with Crippen molar-refractivity contribution in [2.75, 3.05) is 7.11 Å². The van der Waals surface area contributed by atoms with E-state index in [4.69, 9.17) is 10.6 Å². The van der Waals surface area contributed by atoms with Gasteiger partial charge in [-0.3, -0.25) is 16.0 Å². The first-order chi connectivity index (χ1) is 9.13. The van der Waals surface area contributed by atoms with Gasteiger partial charge in [0.1, 0.15) is 5.75 Å². The first kappa shape index (κ1) is 13.5. The van der Waals surface area contributed by atoms with Gasteiger partial charge in [0, 0.05) is 25.2 Å². The summed E-state index contributed by atoms with van der Waals surface area (Å²) in [4.78, 5) is 0. The van der Waals surface area contributed by atoms with Crippen LogP contribution in [0.25, 0.3) is 0 Å². The zero-order valence-corrected chi connectivity index (χ0v) is 11.4. The molecule has 0 fully saturated rings. The SMILES string of the molecule is COc1cc(C)ccc1C(Cc1cn(C)nn1)NN. The molecule has 0 amide bonds. The van der Waals surface area contributed by atoms with Crippen LogP contribution in [0.5, 0.6) is 5.75 Å². The lowest BCUT2D eigenvalue weighted by atomic mass is 10.0. The number of hydrogen-bond donors (Lipinski definition) is 2. The number of nitrogens with one attached hydrogen (secondary N) is 1. The molecule has 0 aliphatic rings. The fourth-order valence-corrected chi connectivity index (χ4v) is 2.06. The van der Waals surface area contributed by atoms with E-state index in [9.17, 15) is 0 Å². The van der Waals surface area contributed by atoms with Crippen LogP contribution in [0.15, 0.2) is 24.4 Å². The highest BCUT2D eigenvalue weighted by Gasteiger charge is 2.17. The Morgan fingerprint density at radius 3 is 2.84 bits per heavy atom. The number of nitrogens with zero attached hydrogens (tertiary/aromatic N) is 3. The highest BCUT2D eigenvalue weighted by molar-refractivity contribution is 5.39. The lowest BCUT2D eigenvalue weighted by molar-refractivity contribution is 0.398. The zero-order chi connectivity index (χ0) is 13.8. The van der Waals surface area contributed by atoms with Crippen molar-refractivity contribution in [3.05, 3.63) is 41.2 Å². The standard InChI is InChI=1S/C13H19N5O/c1-9-4-5-11(13(6-9)19-3)12(15-14)7-10-8-18(2)17-16-10/h4-6,8,12,15H,7,14H2,1-3H3. The van der Waals surface area contributed by atoms with Gasteiger partial charge in [0.2, 0.25) is 0 Å². The minimum Gasteiger partial charge on any atom is -0.496 e. The molecular formula is C13H19N5O. The fourth-order valence-electron chi connectivity index (χ4n) is 2.06. The molecule has 1 unspecified atom stereocenters. The molecule has 0 saturated heterocycles. The van der Waals surface area contributed by atoms with Crippen molar-refractivity contribution in [2.24, 2.45) is 12.9 Å². The Hall–Kier alpha value is -1.92. The third-order valence-electron chi connectivity index (χ3n) is 3.03. The summed E-state index contributed by atoms with van der Waals surface area (Å²) in [5.41, 5.74) is 5.86. The van der Waals surface area contributed by atoms with E-state index in [0.717, 1.165) is 22.6 Å². The third-order valence-corrected chi connectivity index (χ3v) is 3.03. The van der Waals surface area contributed by atoms with Crippen LogP contribution >= 0.6 is 0 Å². The zero-order valence-electron chi connectivity index (χ0n) is 11.4. The molecule has 19 heavy (non-hydrogen) atoms. The minimum absolute atomic E-state index is 0.0627. The minimum atomic E-state index is -0.0627. The number of rotatable bonds is 5.